The Morgan fingerprint density at radius 1 is 0.340 bits per heavy atom. The van der Waals surface area contributed by atoms with Crippen molar-refractivity contribution in [2.75, 3.05) is 13.2 Å². The van der Waals surface area contributed by atoms with Crippen molar-refractivity contribution in [3.63, 3.8) is 0 Å². The number of hydrogen-bond donors (Lipinski definition) is 0. The summed E-state index contributed by atoms with van der Waals surface area (Å²) >= 11 is 0. The molecular weight excluding hydrogens is 1960 g/mol. The lowest BCUT2D eigenvalue weighted by molar-refractivity contribution is -0.173. The molecule has 3 fully saturated rings. The lowest BCUT2D eigenvalue weighted by Gasteiger charge is -2.48. The number of carbonyl (C=O) groups is 4. The van der Waals surface area contributed by atoms with Gasteiger partial charge in [0.15, 0.2) is 70.9 Å². The van der Waals surface area contributed by atoms with Crippen molar-refractivity contribution >= 4 is 76.8 Å². The van der Waals surface area contributed by atoms with Crippen LogP contribution in [0.15, 0.2) is 463 Å². The first-order chi connectivity index (χ1) is 71.1. The maximum atomic E-state index is 14.1. The molecule has 15 aromatic carbocycles. The smallest absolute Gasteiger partial charge is 0.367 e. The van der Waals surface area contributed by atoms with Crippen LogP contribution in [0.4, 0.5) is 26.3 Å². The van der Waals surface area contributed by atoms with Gasteiger partial charge in [0.1, 0.15) is 12.2 Å². The SMILES string of the molecule is CC(F)(F)CCCOC(=O)C1C2c3ccccc3C(c3ccccc32)C1C(=O)OC1C2CC3C(=O)OC1C3C2.O=C(OCC(F)(F)S(=O)(=O)[O-])C1CC2c3ccccc3C1c1ccccc12.O=S(=O)([O-])C(F)(F)CC1CC2c3ccccc3C1c1ccccc12.c1ccc([S+](c2ccccc2)c2ccccc2)cc1.c1ccc([S+](c2ccccc2)c2ccccc2)cc1.c1ccc([S+](c2ccccc2)c2ccccc2)cc1. The first kappa shape index (κ1) is 102. The highest BCUT2D eigenvalue weighted by molar-refractivity contribution is 7.97. The van der Waals surface area contributed by atoms with E-state index in [1.807, 2.05) is 146 Å². The second kappa shape index (κ2) is 44.3. The Morgan fingerprint density at radius 3 is 0.925 bits per heavy atom. The van der Waals surface area contributed by atoms with E-state index in [-0.39, 0.29) is 99.5 Å². The average Bonchev–Trinajstić information content (AvgIpc) is 1.32. The summed E-state index contributed by atoms with van der Waals surface area (Å²) in [6, 6.07) is 143. The normalized spacial score (nSPS) is 21.8. The monoisotopic (exact) mass is 2070 g/mol. The van der Waals surface area contributed by atoms with E-state index in [4.69, 9.17) is 14.2 Å². The molecule has 11 aliphatic carbocycles. The minimum absolute atomic E-state index is 0.0146. The van der Waals surface area contributed by atoms with Crippen LogP contribution in [0, 0.1) is 41.4 Å². The van der Waals surface area contributed by atoms with Gasteiger partial charge in [-0.25, -0.2) is 25.6 Å². The van der Waals surface area contributed by atoms with Crippen molar-refractivity contribution in [1.29, 1.82) is 0 Å². The fourth-order valence-electron chi connectivity index (χ4n) is 23.0. The zero-order chi connectivity index (χ0) is 102. The average molecular weight is 2070 g/mol. The summed E-state index contributed by atoms with van der Waals surface area (Å²) in [5.74, 6) is -9.54. The molecular formula is C122H105F6O14S5+. The number of ether oxygens (including phenoxy) is 4. The van der Waals surface area contributed by atoms with Gasteiger partial charge in [-0.15, -0.1) is 0 Å². The summed E-state index contributed by atoms with van der Waals surface area (Å²) in [4.78, 5) is 64.8. The van der Waals surface area contributed by atoms with Gasteiger partial charge < -0.3 is 28.1 Å². The minimum atomic E-state index is -5.90. The molecule has 748 valence electrons. The van der Waals surface area contributed by atoms with Crippen LogP contribution in [-0.4, -0.2) is 91.7 Å². The molecule has 0 N–H and O–H groups in total. The Hall–Kier alpha value is -13.4. The zero-order valence-corrected chi connectivity index (χ0v) is 84.0. The summed E-state index contributed by atoms with van der Waals surface area (Å²) < 4.78 is 168. The fraction of sp³-hybridized carbons (Fsp3) is 0.230. The van der Waals surface area contributed by atoms with Gasteiger partial charge >= 0.3 is 34.4 Å². The van der Waals surface area contributed by atoms with Gasteiger partial charge in [-0.3, -0.25) is 19.2 Å². The van der Waals surface area contributed by atoms with Crippen LogP contribution < -0.4 is 0 Å². The highest BCUT2D eigenvalue weighted by atomic mass is 32.2. The van der Waals surface area contributed by atoms with Crippen molar-refractivity contribution in [2.45, 2.75) is 160 Å². The van der Waals surface area contributed by atoms with E-state index >= 15 is 0 Å². The van der Waals surface area contributed by atoms with Crippen LogP contribution in [0.2, 0.25) is 0 Å². The molecule has 12 aliphatic rings. The summed E-state index contributed by atoms with van der Waals surface area (Å²) in [6.07, 6.45) is 0.0471. The van der Waals surface area contributed by atoms with E-state index in [1.54, 1.807) is 0 Å². The van der Waals surface area contributed by atoms with Crippen LogP contribution in [0.5, 0.6) is 0 Å². The number of alkyl halides is 6. The maximum Gasteiger partial charge on any atom is 0.367 e. The second-order valence-corrected chi connectivity index (χ2v) is 47.1. The first-order valence-electron chi connectivity index (χ1n) is 49.1. The van der Waals surface area contributed by atoms with Crippen molar-refractivity contribution in [3.05, 3.63) is 485 Å². The van der Waals surface area contributed by atoms with Crippen LogP contribution >= 0.6 is 0 Å². The molecule has 1 heterocycles. The molecule has 0 radical (unpaired) electrons. The zero-order valence-electron chi connectivity index (χ0n) is 79.9. The number of halogens is 6. The molecule has 15 aromatic rings. The summed E-state index contributed by atoms with van der Waals surface area (Å²) in [5.41, 5.74) is 12.2. The molecule has 8 bridgehead atoms. The molecule has 2 saturated carbocycles. The largest absolute Gasteiger partial charge is 0.743 e. The van der Waals surface area contributed by atoms with Crippen molar-refractivity contribution in [2.24, 2.45) is 41.4 Å². The molecule has 25 heteroatoms. The third-order valence-electron chi connectivity index (χ3n) is 29.1. The summed E-state index contributed by atoms with van der Waals surface area (Å²) in [6.45, 7) is -1.07. The van der Waals surface area contributed by atoms with Crippen LogP contribution in [0.1, 0.15) is 154 Å². The van der Waals surface area contributed by atoms with E-state index in [1.165, 1.54) is 44.1 Å². The molecule has 1 saturated heterocycles. The van der Waals surface area contributed by atoms with Gasteiger partial charge in [-0.2, -0.15) is 17.6 Å². The number of hydrogen-bond acceptors (Lipinski definition) is 14. The van der Waals surface area contributed by atoms with E-state index in [2.05, 4.69) is 278 Å². The molecule has 14 nitrogen and oxygen atoms in total. The Morgan fingerprint density at radius 2 is 0.619 bits per heavy atom. The predicted molar refractivity (Wildman–Crippen MR) is 553 cm³/mol. The maximum absolute atomic E-state index is 14.1. The van der Waals surface area contributed by atoms with E-state index in [0.29, 0.717) is 19.3 Å². The highest BCUT2D eigenvalue weighted by Crippen LogP contribution is 2.63. The van der Waals surface area contributed by atoms with E-state index < -0.39 is 115 Å². The second-order valence-electron chi connectivity index (χ2n) is 38.1. The minimum Gasteiger partial charge on any atom is -0.743 e. The number of benzene rings is 15. The lowest BCUT2D eigenvalue weighted by atomic mass is 9.54. The van der Waals surface area contributed by atoms with Gasteiger partial charge in [-0.05, 0) is 221 Å². The van der Waals surface area contributed by atoms with Crippen molar-refractivity contribution in [3.8, 4) is 0 Å². The molecule has 9 atom stereocenters. The Kier molecular flexibility index (Phi) is 30.8. The van der Waals surface area contributed by atoms with Gasteiger partial charge in [0, 0.05) is 60.2 Å². The predicted octanol–water partition coefficient (Wildman–Crippen LogP) is 26.1. The molecule has 27 rings (SSSR count). The quantitative estimate of drug-likeness (QED) is 0.0145. The molecule has 0 aromatic heterocycles. The fourth-order valence-corrected chi connectivity index (χ4v) is 29.9. The van der Waals surface area contributed by atoms with Gasteiger partial charge in [-0.1, -0.05) is 309 Å². The number of esters is 4. The number of carbonyl (C=O) groups excluding carboxylic acids is 4. The van der Waals surface area contributed by atoms with Gasteiger partial charge in [0.25, 0.3) is 0 Å². The Labute approximate surface area is 861 Å². The summed E-state index contributed by atoms with van der Waals surface area (Å²) in [5, 5.41) is -8.88. The van der Waals surface area contributed by atoms with Crippen LogP contribution in [-0.2, 0) is 91.0 Å². The summed E-state index contributed by atoms with van der Waals surface area (Å²) in [7, 11) is -11.6. The molecule has 9 unspecified atom stereocenters. The lowest BCUT2D eigenvalue weighted by Crippen LogP contribution is -2.49. The topological polar surface area (TPSA) is 220 Å². The number of rotatable bonds is 23. The van der Waals surface area contributed by atoms with Crippen LogP contribution in [0.3, 0.4) is 0 Å². The third kappa shape index (κ3) is 21.9. The highest BCUT2D eigenvalue weighted by Gasteiger charge is 2.65. The van der Waals surface area contributed by atoms with E-state index in [0.717, 1.165) is 80.1 Å². The van der Waals surface area contributed by atoms with Crippen molar-refractivity contribution < 1.29 is 90.4 Å². The van der Waals surface area contributed by atoms with E-state index in [9.17, 15) is 71.5 Å². The Bertz CT molecular complexity index is 6680. The van der Waals surface area contributed by atoms with Crippen LogP contribution in [0.25, 0.3) is 0 Å². The van der Waals surface area contributed by atoms with Gasteiger partial charge in [0.05, 0.1) is 63.0 Å². The number of fused-ring (bicyclic) bond motifs is 4. The van der Waals surface area contributed by atoms with Gasteiger partial charge in [0.2, 0.25) is 5.92 Å². The first-order valence-corrected chi connectivity index (χ1v) is 55.6. The van der Waals surface area contributed by atoms with Crippen molar-refractivity contribution in [1.82, 2.24) is 0 Å². The molecule has 147 heavy (non-hydrogen) atoms. The molecule has 0 amide bonds. The molecule has 0 spiro atoms. The standard InChI is InChI=1S/C31H30F2O6.C19H16F2O5S.C18H16F2O3S.3C18H15S/c1-31(32,33)11-6-12-37-29(35)24-22-16-7-2-4-9-18(16)23(19-10-5-3-8-17(19)22)25(24)30(36)38-26-15-13-20-21(14-15)28(34)39-27(20)26;20-19(21,27(23,24)25)10-26-18(22)16-9-15-11-5-1-3-7-13(11)17(16)14-8-4-2-6-12(14)15;19-18(20,24(21,22)23)10-11-9-16-12-5-1-3-7-14(12)17(11)15-8-4-2-6-13(15)16;3*1-4-10-16(11-5-1)19(17-12-6-2-7-13-17)18-14-8-3-9-15-18/h2-5,7-10,15,20-27H,6,11-14H2,1H3;1-8,15-17H,9-10H2,(H,23,24,25);1-8,11,16-17H,9-10H2,(H,21,22,23);3*1-15H/q;;;3*+1/p-2. The Balaban J connectivity index is 0.000000114. The molecule has 1 aliphatic heterocycles. The third-order valence-corrected chi connectivity index (χ3v) is 37.5.